The van der Waals surface area contributed by atoms with Gasteiger partial charge in [0, 0.05) is 20.0 Å². The van der Waals surface area contributed by atoms with Crippen molar-refractivity contribution in [3.05, 3.63) is 87.5 Å². The van der Waals surface area contributed by atoms with Gasteiger partial charge in [-0.2, -0.15) is 18.3 Å². The number of benzene rings is 2. The molecule has 12 heteroatoms. The summed E-state index contributed by atoms with van der Waals surface area (Å²) in [5.74, 6) is -3.46. The molecule has 3 aromatic rings. The van der Waals surface area contributed by atoms with E-state index in [4.69, 9.17) is 5.11 Å². The zero-order chi connectivity index (χ0) is 25.2. The lowest BCUT2D eigenvalue weighted by molar-refractivity contribution is -0.137. The topological polar surface area (TPSA) is 84.2 Å². The molecule has 2 aromatic carbocycles. The first kappa shape index (κ1) is 24.8. The van der Waals surface area contributed by atoms with Crippen LogP contribution in [0.1, 0.15) is 55.2 Å². The van der Waals surface area contributed by atoms with Gasteiger partial charge in [0.05, 0.1) is 22.4 Å². The maximum atomic E-state index is 13.9. The number of carboxylic acid groups (broad SMARTS) is 1. The zero-order valence-corrected chi connectivity index (χ0v) is 17.5. The van der Waals surface area contributed by atoms with Crippen molar-refractivity contribution in [2.24, 2.45) is 7.05 Å². The molecule has 0 radical (unpaired) electrons. The van der Waals surface area contributed by atoms with Gasteiger partial charge in [0.15, 0.2) is 0 Å². The molecule has 1 heterocycles. The van der Waals surface area contributed by atoms with E-state index in [1.54, 1.807) is 0 Å². The molecule has 6 nitrogen and oxygen atoms in total. The fraction of sp³-hybridized carbons (Fsp3) is 0.227. The summed E-state index contributed by atoms with van der Waals surface area (Å²) in [4.78, 5) is 23.7. The predicted octanol–water partition coefficient (Wildman–Crippen LogP) is 4.73. The number of rotatable bonds is 7. The number of alkyl halides is 5. The number of hydrogen-bond acceptors (Lipinski definition) is 3. The van der Waals surface area contributed by atoms with E-state index < -0.39 is 52.7 Å². The van der Waals surface area contributed by atoms with Crippen molar-refractivity contribution in [2.45, 2.75) is 25.6 Å². The van der Waals surface area contributed by atoms with Crippen LogP contribution in [0.15, 0.2) is 42.5 Å². The molecule has 1 amide bonds. The molecule has 0 bridgehead atoms. The SMILES string of the molecule is Cn1nc(Cc2ccc(C(F)(F)F)cc2)c(C(=O)NCc2ccc(C(=O)O)c(F)c2)c1C(F)F. The third-order valence-corrected chi connectivity index (χ3v) is 4.97. The summed E-state index contributed by atoms with van der Waals surface area (Å²) in [5, 5.41) is 15.2. The van der Waals surface area contributed by atoms with Gasteiger partial charge < -0.3 is 10.4 Å². The highest BCUT2D eigenvalue weighted by Crippen LogP contribution is 2.30. The molecular weight excluding hydrogens is 468 g/mol. The number of nitrogens with zero attached hydrogens (tertiary/aromatic N) is 2. The van der Waals surface area contributed by atoms with Gasteiger partial charge in [-0.15, -0.1) is 0 Å². The lowest BCUT2D eigenvalue weighted by Crippen LogP contribution is -2.25. The normalized spacial score (nSPS) is 11.6. The Balaban J connectivity index is 1.86. The van der Waals surface area contributed by atoms with Crippen LogP contribution in [0.4, 0.5) is 26.3 Å². The Morgan fingerprint density at radius 3 is 2.24 bits per heavy atom. The third-order valence-electron chi connectivity index (χ3n) is 4.97. The number of hydrogen-bond donors (Lipinski definition) is 2. The second-order valence-corrected chi connectivity index (χ2v) is 7.30. The number of carbonyl (C=O) groups excluding carboxylic acids is 1. The summed E-state index contributed by atoms with van der Waals surface area (Å²) in [5.41, 5.74) is -2.17. The lowest BCUT2D eigenvalue weighted by atomic mass is 10.0. The number of carboxylic acids is 1. The van der Waals surface area contributed by atoms with Crippen molar-refractivity contribution in [1.29, 1.82) is 0 Å². The molecule has 1 aromatic heterocycles. The highest BCUT2D eigenvalue weighted by molar-refractivity contribution is 5.96. The summed E-state index contributed by atoms with van der Waals surface area (Å²) in [7, 11) is 1.20. The van der Waals surface area contributed by atoms with Gasteiger partial charge >= 0.3 is 12.1 Å². The average Bonchev–Trinajstić information content (AvgIpc) is 3.07. The monoisotopic (exact) mass is 485 g/mol. The number of aryl methyl sites for hydroxylation is 1. The van der Waals surface area contributed by atoms with E-state index in [0.717, 1.165) is 41.1 Å². The molecule has 0 saturated carbocycles. The van der Waals surface area contributed by atoms with Crippen LogP contribution in [-0.4, -0.2) is 26.8 Å². The van der Waals surface area contributed by atoms with Crippen LogP contribution >= 0.6 is 0 Å². The van der Waals surface area contributed by atoms with Crippen molar-refractivity contribution in [1.82, 2.24) is 15.1 Å². The van der Waals surface area contributed by atoms with Crippen molar-refractivity contribution < 1.29 is 41.0 Å². The Kier molecular flexibility index (Phi) is 6.99. The standard InChI is InChI=1S/C22H17F6N3O3/c1-31-18(19(24)25)17(16(30-31)9-11-2-5-13(6-3-11)22(26,27)28)20(32)29-10-12-4-7-14(21(33)34)15(23)8-12/h2-8,19H,9-10H2,1H3,(H,29,32)(H,33,34). The first-order valence-electron chi connectivity index (χ1n) is 9.68. The Labute approximate surface area is 188 Å². The number of carbonyl (C=O) groups is 2. The lowest BCUT2D eigenvalue weighted by Gasteiger charge is -2.10. The maximum absolute atomic E-state index is 13.9. The van der Waals surface area contributed by atoms with E-state index in [2.05, 4.69) is 10.4 Å². The molecule has 0 aliphatic heterocycles. The molecule has 180 valence electrons. The molecule has 0 spiro atoms. The van der Waals surface area contributed by atoms with E-state index in [-0.39, 0.29) is 24.2 Å². The van der Waals surface area contributed by atoms with Crippen molar-refractivity contribution in [3.8, 4) is 0 Å². The molecule has 0 aliphatic rings. The zero-order valence-electron chi connectivity index (χ0n) is 17.5. The van der Waals surface area contributed by atoms with Crippen LogP contribution in [0.25, 0.3) is 0 Å². The Hall–Kier alpha value is -3.83. The molecule has 0 aliphatic carbocycles. The minimum atomic E-state index is -4.54. The number of nitrogens with one attached hydrogen (secondary N) is 1. The third kappa shape index (κ3) is 5.38. The van der Waals surface area contributed by atoms with E-state index in [1.165, 1.54) is 13.1 Å². The maximum Gasteiger partial charge on any atom is 0.416 e. The molecule has 34 heavy (non-hydrogen) atoms. The van der Waals surface area contributed by atoms with Crippen LogP contribution in [0, 0.1) is 5.82 Å². The number of amides is 1. The van der Waals surface area contributed by atoms with Gasteiger partial charge in [-0.1, -0.05) is 18.2 Å². The summed E-state index contributed by atoms with van der Waals surface area (Å²) in [6.07, 6.45) is -7.81. The summed E-state index contributed by atoms with van der Waals surface area (Å²) in [6, 6.07) is 7.14. The number of halogens is 6. The van der Waals surface area contributed by atoms with E-state index in [9.17, 15) is 35.9 Å². The van der Waals surface area contributed by atoms with Gasteiger partial charge in [0.2, 0.25) is 0 Å². The molecule has 2 N–H and O–H groups in total. The van der Waals surface area contributed by atoms with Gasteiger partial charge in [-0.25, -0.2) is 18.0 Å². The number of aromatic nitrogens is 2. The van der Waals surface area contributed by atoms with Crippen LogP contribution in [0.5, 0.6) is 0 Å². The van der Waals surface area contributed by atoms with E-state index in [1.807, 2.05) is 0 Å². The van der Waals surface area contributed by atoms with Crippen LogP contribution in [0.2, 0.25) is 0 Å². The molecular formula is C22H17F6N3O3. The molecule has 0 fully saturated rings. The number of aromatic carboxylic acids is 1. The second-order valence-electron chi connectivity index (χ2n) is 7.30. The fourth-order valence-electron chi connectivity index (χ4n) is 3.33. The summed E-state index contributed by atoms with van der Waals surface area (Å²) >= 11 is 0. The Morgan fingerprint density at radius 1 is 1.09 bits per heavy atom. The first-order valence-corrected chi connectivity index (χ1v) is 9.68. The summed E-state index contributed by atoms with van der Waals surface area (Å²) < 4.78 is 80.3. The molecule has 3 rings (SSSR count). The first-order chi connectivity index (χ1) is 15.9. The smallest absolute Gasteiger partial charge is 0.416 e. The molecule has 0 unspecified atom stereocenters. The average molecular weight is 485 g/mol. The molecule has 0 atom stereocenters. The quantitative estimate of drug-likeness (QED) is 0.474. The largest absolute Gasteiger partial charge is 0.478 e. The van der Waals surface area contributed by atoms with Gasteiger partial charge in [0.25, 0.3) is 12.3 Å². The highest BCUT2D eigenvalue weighted by atomic mass is 19.4. The minimum Gasteiger partial charge on any atom is -0.478 e. The fourth-order valence-corrected chi connectivity index (χ4v) is 3.33. The van der Waals surface area contributed by atoms with Crippen LogP contribution in [-0.2, 0) is 26.2 Å². The van der Waals surface area contributed by atoms with E-state index in [0.29, 0.717) is 5.56 Å². The van der Waals surface area contributed by atoms with Gasteiger partial charge in [-0.3, -0.25) is 9.48 Å². The minimum absolute atomic E-state index is 0.0811. The van der Waals surface area contributed by atoms with Crippen LogP contribution in [0.3, 0.4) is 0 Å². The van der Waals surface area contributed by atoms with Crippen molar-refractivity contribution in [3.63, 3.8) is 0 Å². The van der Waals surface area contributed by atoms with Crippen molar-refractivity contribution >= 4 is 11.9 Å². The molecule has 0 saturated heterocycles. The van der Waals surface area contributed by atoms with E-state index >= 15 is 0 Å². The summed E-state index contributed by atoms with van der Waals surface area (Å²) in [6.45, 7) is -0.299. The van der Waals surface area contributed by atoms with Crippen molar-refractivity contribution in [2.75, 3.05) is 0 Å². The van der Waals surface area contributed by atoms with Crippen LogP contribution < -0.4 is 5.32 Å². The predicted molar refractivity (Wildman–Crippen MR) is 107 cm³/mol. The second kappa shape index (κ2) is 9.57. The highest BCUT2D eigenvalue weighted by Gasteiger charge is 2.31. The Bertz CT molecular complexity index is 1220. The van der Waals surface area contributed by atoms with Gasteiger partial charge in [0.1, 0.15) is 11.5 Å². The van der Waals surface area contributed by atoms with Gasteiger partial charge in [-0.05, 0) is 35.4 Å². The Morgan fingerprint density at radius 2 is 1.71 bits per heavy atom.